The Labute approximate surface area is 149 Å². The molecular formula is C20H29NO4. The Morgan fingerprint density at radius 3 is 2.60 bits per heavy atom. The topological polar surface area (TPSA) is 59.0 Å². The van der Waals surface area contributed by atoms with Crippen molar-refractivity contribution in [3.63, 3.8) is 0 Å². The third kappa shape index (κ3) is 3.61. The molecule has 25 heavy (non-hydrogen) atoms. The Balaban J connectivity index is 1.98. The Morgan fingerprint density at radius 2 is 1.92 bits per heavy atom. The molecule has 1 aromatic carbocycles. The first-order valence-corrected chi connectivity index (χ1v) is 9.12. The van der Waals surface area contributed by atoms with E-state index < -0.39 is 5.60 Å². The van der Waals surface area contributed by atoms with E-state index in [2.05, 4.69) is 0 Å². The number of hydrogen-bond donors (Lipinski definition) is 1. The maximum Gasteiger partial charge on any atom is 0.410 e. The molecule has 1 heterocycles. The van der Waals surface area contributed by atoms with Gasteiger partial charge in [-0.25, -0.2) is 4.79 Å². The number of methoxy groups -OCH3 is 1. The van der Waals surface area contributed by atoms with Crippen LogP contribution in [0.4, 0.5) is 4.79 Å². The van der Waals surface area contributed by atoms with Gasteiger partial charge in [0.2, 0.25) is 0 Å². The van der Waals surface area contributed by atoms with Crippen LogP contribution >= 0.6 is 0 Å². The maximum atomic E-state index is 12.9. The van der Waals surface area contributed by atoms with Gasteiger partial charge in [-0.3, -0.25) is 0 Å². The van der Waals surface area contributed by atoms with Crippen molar-refractivity contribution in [3.05, 3.63) is 29.8 Å². The lowest BCUT2D eigenvalue weighted by Crippen LogP contribution is -2.37. The van der Waals surface area contributed by atoms with Crippen molar-refractivity contribution in [2.75, 3.05) is 13.7 Å². The van der Waals surface area contributed by atoms with E-state index in [0.717, 1.165) is 30.6 Å². The molecule has 0 aromatic heterocycles. The van der Waals surface area contributed by atoms with Crippen molar-refractivity contribution in [2.45, 2.75) is 57.8 Å². The van der Waals surface area contributed by atoms with Gasteiger partial charge < -0.3 is 19.5 Å². The second-order valence-electron chi connectivity index (χ2n) is 8.15. The summed E-state index contributed by atoms with van der Waals surface area (Å²) in [7, 11) is 1.65. The molecule has 5 heteroatoms. The van der Waals surface area contributed by atoms with Crippen molar-refractivity contribution in [1.29, 1.82) is 0 Å². The molecule has 0 bridgehead atoms. The molecule has 1 aromatic rings. The summed E-state index contributed by atoms with van der Waals surface area (Å²) < 4.78 is 11.2. The van der Waals surface area contributed by atoms with Crippen molar-refractivity contribution < 1.29 is 19.4 Å². The van der Waals surface area contributed by atoms with Crippen LogP contribution in [-0.2, 0) is 4.74 Å². The van der Waals surface area contributed by atoms with Crippen molar-refractivity contribution in [2.24, 2.45) is 11.8 Å². The number of carbonyl (C=O) groups is 1. The fourth-order valence-electron chi connectivity index (χ4n) is 4.32. The van der Waals surface area contributed by atoms with Crippen LogP contribution in [0.2, 0.25) is 0 Å². The molecular weight excluding hydrogens is 318 g/mol. The van der Waals surface area contributed by atoms with Crippen LogP contribution in [0.1, 0.15) is 51.6 Å². The Bertz CT molecular complexity index is 624. The molecule has 1 saturated heterocycles. The maximum absolute atomic E-state index is 12.9. The molecule has 2 aliphatic rings. The van der Waals surface area contributed by atoms with Crippen molar-refractivity contribution >= 4 is 6.09 Å². The fraction of sp³-hybridized carbons (Fsp3) is 0.650. The number of para-hydroxylation sites is 1. The molecule has 4 unspecified atom stereocenters. The molecule has 1 aliphatic heterocycles. The van der Waals surface area contributed by atoms with Gasteiger partial charge in [0.1, 0.15) is 11.4 Å². The van der Waals surface area contributed by atoms with Crippen LogP contribution in [0.5, 0.6) is 5.75 Å². The van der Waals surface area contributed by atoms with Gasteiger partial charge in [0.05, 0.1) is 19.3 Å². The van der Waals surface area contributed by atoms with Gasteiger partial charge in [-0.2, -0.15) is 0 Å². The first kappa shape index (κ1) is 18.1. The molecule has 5 nitrogen and oxygen atoms in total. The van der Waals surface area contributed by atoms with Gasteiger partial charge in [0.25, 0.3) is 0 Å². The van der Waals surface area contributed by atoms with Crippen LogP contribution in [-0.4, -0.2) is 41.5 Å². The zero-order valence-corrected chi connectivity index (χ0v) is 15.6. The van der Waals surface area contributed by atoms with Crippen LogP contribution in [0, 0.1) is 11.8 Å². The Morgan fingerprint density at radius 1 is 1.20 bits per heavy atom. The summed E-state index contributed by atoms with van der Waals surface area (Å²) in [6, 6.07) is 7.73. The van der Waals surface area contributed by atoms with Gasteiger partial charge in [-0.05, 0) is 45.6 Å². The lowest BCUT2D eigenvalue weighted by Gasteiger charge is -2.34. The molecule has 1 aliphatic carbocycles. The minimum absolute atomic E-state index is 0.0937. The van der Waals surface area contributed by atoms with E-state index in [1.807, 2.05) is 45.0 Å². The highest BCUT2D eigenvalue weighted by atomic mass is 16.6. The highest BCUT2D eigenvalue weighted by molar-refractivity contribution is 5.70. The predicted molar refractivity (Wildman–Crippen MR) is 95.5 cm³/mol. The molecule has 0 spiro atoms. The van der Waals surface area contributed by atoms with E-state index in [4.69, 9.17) is 9.47 Å². The summed E-state index contributed by atoms with van der Waals surface area (Å²) in [5, 5.41) is 10.5. The normalized spacial score (nSPS) is 29.2. The van der Waals surface area contributed by atoms with E-state index in [1.54, 1.807) is 12.0 Å². The van der Waals surface area contributed by atoms with Crippen LogP contribution in [0.25, 0.3) is 0 Å². The number of carbonyl (C=O) groups excluding carboxylic acids is 1. The second kappa shape index (κ2) is 6.87. The molecule has 2 fully saturated rings. The monoisotopic (exact) mass is 347 g/mol. The van der Waals surface area contributed by atoms with Crippen molar-refractivity contribution in [1.82, 2.24) is 4.90 Å². The number of aliphatic hydroxyl groups is 1. The lowest BCUT2D eigenvalue weighted by atomic mass is 9.75. The van der Waals surface area contributed by atoms with E-state index in [1.165, 1.54) is 0 Å². The average Bonchev–Trinajstić information content (AvgIpc) is 2.94. The number of hydrogen-bond acceptors (Lipinski definition) is 4. The van der Waals surface area contributed by atoms with Gasteiger partial charge in [0, 0.05) is 18.0 Å². The van der Waals surface area contributed by atoms with Crippen LogP contribution in [0.3, 0.4) is 0 Å². The highest BCUT2D eigenvalue weighted by Crippen LogP contribution is 2.50. The third-order valence-electron chi connectivity index (χ3n) is 5.32. The van der Waals surface area contributed by atoms with Crippen LogP contribution < -0.4 is 4.74 Å². The minimum Gasteiger partial charge on any atom is -0.496 e. The van der Waals surface area contributed by atoms with E-state index in [9.17, 15) is 9.90 Å². The summed E-state index contributed by atoms with van der Waals surface area (Å²) in [6.07, 6.45) is 2.12. The number of rotatable bonds is 2. The number of nitrogens with zero attached hydrogens (tertiary/aromatic N) is 1. The third-order valence-corrected chi connectivity index (χ3v) is 5.32. The standard InChI is InChI=1S/C20H29NO4/c1-20(2,3)25-19(23)21-12-15-13(9-7-10-16(15)22)18(21)14-8-5-6-11-17(14)24-4/h5-6,8,11,13,15-16,18,22H,7,9-10,12H2,1-4H3. The molecule has 3 rings (SSSR count). The smallest absolute Gasteiger partial charge is 0.410 e. The molecule has 138 valence electrons. The largest absolute Gasteiger partial charge is 0.496 e. The molecule has 1 saturated carbocycles. The van der Waals surface area contributed by atoms with Gasteiger partial charge >= 0.3 is 6.09 Å². The number of aliphatic hydroxyl groups excluding tert-OH is 1. The molecule has 1 N–H and O–H groups in total. The van der Waals surface area contributed by atoms with E-state index >= 15 is 0 Å². The van der Waals surface area contributed by atoms with E-state index in [-0.39, 0.29) is 30.1 Å². The van der Waals surface area contributed by atoms with Crippen molar-refractivity contribution in [3.8, 4) is 5.75 Å². The summed E-state index contributed by atoms with van der Waals surface area (Å²) in [5.41, 5.74) is 0.451. The first-order valence-electron chi connectivity index (χ1n) is 9.12. The summed E-state index contributed by atoms with van der Waals surface area (Å²) >= 11 is 0. The highest BCUT2D eigenvalue weighted by Gasteiger charge is 2.50. The van der Waals surface area contributed by atoms with Crippen LogP contribution in [0.15, 0.2) is 24.3 Å². The first-order chi connectivity index (χ1) is 11.8. The quantitative estimate of drug-likeness (QED) is 0.885. The molecule has 4 atom stereocenters. The van der Waals surface area contributed by atoms with Gasteiger partial charge in [-0.15, -0.1) is 0 Å². The summed E-state index contributed by atoms with van der Waals surface area (Å²) in [4.78, 5) is 14.7. The molecule has 1 amide bonds. The fourth-order valence-corrected chi connectivity index (χ4v) is 4.32. The minimum atomic E-state index is -0.547. The van der Waals surface area contributed by atoms with Gasteiger partial charge in [0.15, 0.2) is 0 Å². The zero-order valence-electron chi connectivity index (χ0n) is 15.6. The number of fused-ring (bicyclic) bond motifs is 1. The second-order valence-corrected chi connectivity index (χ2v) is 8.15. The number of amides is 1. The SMILES string of the molecule is COc1ccccc1C1C2CCCC(O)C2CN1C(=O)OC(C)(C)C. The lowest BCUT2D eigenvalue weighted by molar-refractivity contribution is 0.0200. The summed E-state index contributed by atoms with van der Waals surface area (Å²) in [5.74, 6) is 1.10. The number of likely N-dealkylation sites (tertiary alicyclic amines) is 1. The number of ether oxygens (including phenoxy) is 2. The predicted octanol–water partition coefficient (Wildman–Crippen LogP) is 3.76. The van der Waals surface area contributed by atoms with Gasteiger partial charge in [-0.1, -0.05) is 24.6 Å². The molecule has 0 radical (unpaired) electrons. The Hall–Kier alpha value is -1.75. The average molecular weight is 347 g/mol. The zero-order chi connectivity index (χ0) is 18.2. The van der Waals surface area contributed by atoms with E-state index in [0.29, 0.717) is 6.54 Å². The number of benzene rings is 1. The summed E-state index contributed by atoms with van der Waals surface area (Å²) in [6.45, 7) is 6.16. The Kier molecular flexibility index (Phi) is 4.96.